The Morgan fingerprint density at radius 1 is 0.543 bits per heavy atom. The van der Waals surface area contributed by atoms with E-state index in [1.165, 1.54) is 4.90 Å². The number of halogens is 2. The van der Waals surface area contributed by atoms with Gasteiger partial charge in [-0.1, -0.05) is 129 Å². The first kappa shape index (κ1) is 21.3. The molecule has 1 aliphatic heterocycles. The van der Waals surface area contributed by atoms with E-state index in [2.05, 4.69) is 56.1 Å². The summed E-state index contributed by atoms with van der Waals surface area (Å²) in [4.78, 5) is 30.1. The predicted molar refractivity (Wildman–Crippen MR) is 144 cm³/mol. The topological polar surface area (TPSA) is 37.4 Å². The molecule has 1 saturated heterocycles. The van der Waals surface area contributed by atoms with Gasteiger partial charge in [-0.3, -0.25) is 9.59 Å². The smallest absolute Gasteiger partial charge is 0.239 e. The monoisotopic (exact) mass is 583 g/mol. The lowest BCUT2D eigenvalue weighted by atomic mass is 9.54. The van der Waals surface area contributed by atoms with Gasteiger partial charge in [-0.05, 0) is 33.9 Å². The minimum atomic E-state index is -0.788. The van der Waals surface area contributed by atoms with E-state index >= 15 is 0 Å². The lowest BCUT2D eigenvalue weighted by Gasteiger charge is -2.55. The largest absolute Gasteiger partial charge is 0.274 e. The third kappa shape index (κ3) is 2.50. The number of rotatable bonds is 2. The second-order valence-corrected chi connectivity index (χ2v) is 11.9. The third-order valence-electron chi connectivity index (χ3n) is 7.82. The highest BCUT2D eigenvalue weighted by atomic mass is 79.9. The summed E-state index contributed by atoms with van der Waals surface area (Å²) in [6.07, 6.45) is 0. The van der Waals surface area contributed by atoms with Crippen molar-refractivity contribution in [3.05, 3.63) is 125 Å². The molecule has 0 unspecified atom stereocenters. The SMILES string of the molecule is O=C1[C@@H]2[C@@H](C(=O)N1c1ccccc1-c1ccccc1)C1(Br)c3ccccc3C2(Br)c2ccccc21. The Bertz CT molecular complexity index is 1430. The zero-order chi connectivity index (χ0) is 23.9. The van der Waals surface area contributed by atoms with Gasteiger partial charge in [-0.25, -0.2) is 4.90 Å². The lowest BCUT2D eigenvalue weighted by molar-refractivity contribution is -0.122. The fraction of sp³-hybridized carbons (Fsp3) is 0.133. The van der Waals surface area contributed by atoms with Gasteiger partial charge >= 0.3 is 0 Å². The maximum atomic E-state index is 14.3. The molecule has 4 aromatic carbocycles. The predicted octanol–water partition coefficient (Wildman–Crippen LogP) is 6.76. The van der Waals surface area contributed by atoms with Gasteiger partial charge in [0, 0.05) is 5.56 Å². The molecule has 2 bridgehead atoms. The maximum Gasteiger partial charge on any atom is 0.239 e. The van der Waals surface area contributed by atoms with Crippen molar-refractivity contribution in [3.63, 3.8) is 0 Å². The van der Waals surface area contributed by atoms with Gasteiger partial charge in [0.05, 0.1) is 26.2 Å². The molecule has 3 nitrogen and oxygen atoms in total. The Balaban J connectivity index is 1.49. The van der Waals surface area contributed by atoms with Crippen LogP contribution in [-0.4, -0.2) is 11.8 Å². The first-order valence-electron chi connectivity index (χ1n) is 11.6. The van der Waals surface area contributed by atoms with E-state index in [-0.39, 0.29) is 11.8 Å². The molecule has 170 valence electrons. The van der Waals surface area contributed by atoms with Crippen LogP contribution in [0.25, 0.3) is 11.1 Å². The molecule has 35 heavy (non-hydrogen) atoms. The minimum Gasteiger partial charge on any atom is -0.274 e. The van der Waals surface area contributed by atoms with Crippen LogP contribution < -0.4 is 4.90 Å². The number of para-hydroxylation sites is 1. The molecule has 1 heterocycles. The molecule has 3 aliphatic carbocycles. The summed E-state index contributed by atoms with van der Waals surface area (Å²) in [6, 6.07) is 33.9. The van der Waals surface area contributed by atoms with E-state index < -0.39 is 20.5 Å². The Morgan fingerprint density at radius 3 is 1.43 bits per heavy atom. The molecule has 8 rings (SSSR count). The van der Waals surface area contributed by atoms with E-state index in [0.29, 0.717) is 5.69 Å². The first-order chi connectivity index (χ1) is 17.0. The van der Waals surface area contributed by atoms with Gasteiger partial charge in [0.2, 0.25) is 11.8 Å². The molecule has 0 spiro atoms. The van der Waals surface area contributed by atoms with Crippen LogP contribution in [0.3, 0.4) is 0 Å². The summed E-state index contributed by atoms with van der Waals surface area (Å²) in [6.45, 7) is 0. The number of carbonyl (C=O) groups is 2. The molecular formula is C30H19Br2NO2. The van der Waals surface area contributed by atoms with Gasteiger partial charge in [-0.15, -0.1) is 0 Å². The summed E-state index contributed by atoms with van der Waals surface area (Å²) in [7, 11) is 0. The van der Waals surface area contributed by atoms with Crippen molar-refractivity contribution in [2.24, 2.45) is 11.8 Å². The molecule has 5 heteroatoms. The average molecular weight is 585 g/mol. The summed E-state index contributed by atoms with van der Waals surface area (Å²) < 4.78 is -1.58. The van der Waals surface area contributed by atoms with Gasteiger partial charge < -0.3 is 0 Å². The Hall–Kier alpha value is -3.02. The Kier molecular flexibility index (Phi) is 4.41. The number of nitrogens with zero attached hydrogens (tertiary/aromatic N) is 1. The highest BCUT2D eigenvalue weighted by Gasteiger charge is 2.72. The number of anilines is 1. The van der Waals surface area contributed by atoms with E-state index in [1.54, 1.807) is 0 Å². The molecular weight excluding hydrogens is 566 g/mol. The lowest BCUT2D eigenvalue weighted by Crippen LogP contribution is -2.56. The molecule has 4 aromatic rings. The molecule has 0 radical (unpaired) electrons. The summed E-state index contributed by atoms with van der Waals surface area (Å²) in [5, 5.41) is 0. The zero-order valence-corrected chi connectivity index (χ0v) is 21.7. The quantitative estimate of drug-likeness (QED) is 0.193. The molecule has 2 atom stereocenters. The van der Waals surface area contributed by atoms with Gasteiger partial charge in [0.25, 0.3) is 0 Å². The number of benzene rings is 4. The highest BCUT2D eigenvalue weighted by molar-refractivity contribution is 9.10. The minimum absolute atomic E-state index is 0.173. The standard InChI is InChI=1S/C30H19Br2NO2/c31-29-20-13-5-6-14-21(20)30(32,23-16-8-7-15-22(23)29)26-25(29)27(34)33(28(26)35)24-17-9-4-12-19(24)18-10-2-1-3-11-18/h1-17,25-26H/t25-,26-,29?,30?/m0/s1. The van der Waals surface area contributed by atoms with E-state index in [1.807, 2.05) is 78.9 Å². The summed E-state index contributed by atoms with van der Waals surface area (Å²) >= 11 is 8.14. The average Bonchev–Trinajstić information content (AvgIpc) is 3.18. The number of amides is 2. The first-order valence-corrected chi connectivity index (χ1v) is 13.2. The second kappa shape index (κ2) is 7.25. The van der Waals surface area contributed by atoms with Gasteiger partial charge in [0.15, 0.2) is 0 Å². The number of imide groups is 1. The molecule has 2 amide bonds. The molecule has 0 N–H and O–H groups in total. The van der Waals surface area contributed by atoms with Gasteiger partial charge in [-0.2, -0.15) is 0 Å². The normalized spacial score (nSPS) is 28.0. The van der Waals surface area contributed by atoms with Crippen LogP contribution in [0.5, 0.6) is 0 Å². The summed E-state index contributed by atoms with van der Waals surface area (Å²) in [5.41, 5.74) is 6.61. The van der Waals surface area contributed by atoms with Crippen molar-refractivity contribution in [3.8, 4) is 11.1 Å². The second-order valence-electron chi connectivity index (χ2n) is 9.37. The van der Waals surface area contributed by atoms with Crippen LogP contribution >= 0.6 is 31.9 Å². The van der Waals surface area contributed by atoms with Crippen LogP contribution in [-0.2, 0) is 18.2 Å². The van der Waals surface area contributed by atoms with E-state index in [9.17, 15) is 9.59 Å². The van der Waals surface area contributed by atoms with E-state index in [4.69, 9.17) is 0 Å². The van der Waals surface area contributed by atoms with Crippen molar-refractivity contribution in [2.45, 2.75) is 8.65 Å². The molecule has 0 saturated carbocycles. The van der Waals surface area contributed by atoms with Crippen LogP contribution in [0.4, 0.5) is 5.69 Å². The van der Waals surface area contributed by atoms with Crippen LogP contribution in [0.15, 0.2) is 103 Å². The number of carbonyl (C=O) groups excluding carboxylic acids is 2. The number of alkyl halides is 2. The van der Waals surface area contributed by atoms with Crippen LogP contribution in [0, 0.1) is 11.8 Å². The van der Waals surface area contributed by atoms with Crippen molar-refractivity contribution in [1.29, 1.82) is 0 Å². The molecule has 0 aromatic heterocycles. The van der Waals surface area contributed by atoms with Crippen molar-refractivity contribution >= 4 is 49.4 Å². The van der Waals surface area contributed by atoms with Crippen LogP contribution in [0.2, 0.25) is 0 Å². The van der Waals surface area contributed by atoms with Crippen molar-refractivity contribution in [1.82, 2.24) is 0 Å². The highest BCUT2D eigenvalue weighted by Crippen LogP contribution is 2.71. The van der Waals surface area contributed by atoms with Gasteiger partial charge in [0.1, 0.15) is 0 Å². The third-order valence-corrected chi connectivity index (χ3v) is 10.5. The van der Waals surface area contributed by atoms with E-state index in [0.717, 1.165) is 33.4 Å². The maximum absolute atomic E-state index is 14.3. The number of hydrogen-bond donors (Lipinski definition) is 0. The Morgan fingerprint density at radius 2 is 0.943 bits per heavy atom. The van der Waals surface area contributed by atoms with Crippen molar-refractivity contribution < 1.29 is 9.59 Å². The van der Waals surface area contributed by atoms with Crippen molar-refractivity contribution in [2.75, 3.05) is 4.90 Å². The fourth-order valence-electron chi connectivity index (χ4n) is 6.44. The number of hydrogen-bond acceptors (Lipinski definition) is 2. The fourth-order valence-corrected chi connectivity index (χ4v) is 8.74. The molecule has 1 fully saturated rings. The Labute approximate surface area is 220 Å². The van der Waals surface area contributed by atoms with Crippen LogP contribution in [0.1, 0.15) is 22.3 Å². The molecule has 4 aliphatic rings. The zero-order valence-electron chi connectivity index (χ0n) is 18.5. The summed E-state index contributed by atoms with van der Waals surface area (Å²) in [5.74, 6) is -1.51.